The highest BCUT2D eigenvalue weighted by atomic mass is 35.5. The first-order valence-electron chi connectivity index (χ1n) is 7.69. The fraction of sp³-hybridized carbons (Fsp3) is 0.400. The SMILES string of the molecule is O=C(O)COCC(=O)N=C1S[C@@H]2CS(=O)(=O)C[C@@H]2N1c1c(Cl)cccc1Cl. The third-order valence-electron chi connectivity index (χ3n) is 3.92. The van der Waals surface area contributed by atoms with Crippen molar-refractivity contribution in [2.75, 3.05) is 29.6 Å². The third kappa shape index (κ3) is 4.57. The number of hydrogen-bond donors (Lipinski definition) is 1. The van der Waals surface area contributed by atoms with E-state index < -0.39 is 41.0 Å². The van der Waals surface area contributed by atoms with Crippen LogP contribution in [0.4, 0.5) is 5.69 Å². The molecule has 1 aromatic rings. The molecule has 1 amide bonds. The number of carbonyl (C=O) groups is 2. The minimum Gasteiger partial charge on any atom is -0.480 e. The predicted octanol–water partition coefficient (Wildman–Crippen LogP) is 1.70. The minimum absolute atomic E-state index is 0.0381. The normalized spacial score (nSPS) is 25.0. The summed E-state index contributed by atoms with van der Waals surface area (Å²) in [6.45, 7) is -1.12. The number of aliphatic imine (C=N–C) groups is 1. The number of hydrogen-bond acceptors (Lipinski definition) is 6. The van der Waals surface area contributed by atoms with E-state index in [4.69, 9.17) is 33.0 Å². The lowest BCUT2D eigenvalue weighted by atomic mass is 10.2. The van der Waals surface area contributed by atoms with Crippen molar-refractivity contribution in [3.8, 4) is 0 Å². The summed E-state index contributed by atoms with van der Waals surface area (Å²) in [5.74, 6) is -2.02. The Morgan fingerprint density at radius 3 is 2.56 bits per heavy atom. The largest absolute Gasteiger partial charge is 0.480 e. The second-order valence-corrected chi connectivity index (χ2v) is 10.1. The Labute approximate surface area is 169 Å². The molecule has 2 fully saturated rings. The van der Waals surface area contributed by atoms with E-state index in [1.54, 1.807) is 23.1 Å². The molecule has 2 atom stereocenters. The predicted molar refractivity (Wildman–Crippen MR) is 104 cm³/mol. The molecule has 2 aliphatic rings. The van der Waals surface area contributed by atoms with Gasteiger partial charge < -0.3 is 14.7 Å². The molecule has 0 aliphatic carbocycles. The summed E-state index contributed by atoms with van der Waals surface area (Å²) in [5.41, 5.74) is 0.385. The first-order valence-corrected chi connectivity index (χ1v) is 11.1. The topological polar surface area (TPSA) is 113 Å². The van der Waals surface area contributed by atoms with Crippen LogP contribution in [0.25, 0.3) is 0 Å². The van der Waals surface area contributed by atoms with Crippen LogP contribution in [-0.4, -0.2) is 66.6 Å². The average Bonchev–Trinajstić information content (AvgIpc) is 2.99. The lowest BCUT2D eigenvalue weighted by molar-refractivity contribution is -0.143. The highest BCUT2D eigenvalue weighted by molar-refractivity contribution is 8.16. The van der Waals surface area contributed by atoms with Crippen LogP contribution in [0.1, 0.15) is 0 Å². The molecule has 0 spiro atoms. The van der Waals surface area contributed by atoms with Crippen LogP contribution in [-0.2, 0) is 24.2 Å². The van der Waals surface area contributed by atoms with Gasteiger partial charge in [-0.05, 0) is 12.1 Å². The van der Waals surface area contributed by atoms with Crippen molar-refractivity contribution in [2.45, 2.75) is 11.3 Å². The fourth-order valence-electron chi connectivity index (χ4n) is 2.91. The van der Waals surface area contributed by atoms with Gasteiger partial charge in [0.15, 0.2) is 15.0 Å². The number of rotatable bonds is 5. The molecule has 146 valence electrons. The van der Waals surface area contributed by atoms with Crippen LogP contribution in [0, 0.1) is 0 Å². The number of para-hydroxylation sites is 1. The second-order valence-electron chi connectivity index (χ2n) is 5.92. The number of fused-ring (bicyclic) bond motifs is 1. The Bertz CT molecular complexity index is 901. The molecular weight excluding hydrogens is 439 g/mol. The number of nitrogens with zero attached hydrogens (tertiary/aromatic N) is 2. The summed E-state index contributed by atoms with van der Waals surface area (Å²) in [7, 11) is -3.23. The minimum atomic E-state index is -3.23. The molecule has 12 heteroatoms. The third-order valence-corrected chi connectivity index (χ3v) is 7.74. The van der Waals surface area contributed by atoms with Crippen molar-refractivity contribution in [1.29, 1.82) is 0 Å². The van der Waals surface area contributed by atoms with Crippen molar-refractivity contribution in [3.63, 3.8) is 0 Å². The number of halogens is 2. The van der Waals surface area contributed by atoms with Crippen molar-refractivity contribution in [3.05, 3.63) is 28.2 Å². The van der Waals surface area contributed by atoms with E-state index in [1.165, 1.54) is 0 Å². The van der Waals surface area contributed by atoms with E-state index in [9.17, 15) is 18.0 Å². The molecular formula is C15H14Cl2N2O6S2. The van der Waals surface area contributed by atoms with E-state index in [-0.39, 0.29) is 21.9 Å². The molecule has 2 heterocycles. The number of ether oxygens (including phenoxy) is 1. The van der Waals surface area contributed by atoms with Crippen molar-refractivity contribution >= 4 is 67.5 Å². The van der Waals surface area contributed by atoms with Crippen molar-refractivity contribution in [2.24, 2.45) is 4.99 Å². The van der Waals surface area contributed by atoms with Gasteiger partial charge in [-0.2, -0.15) is 4.99 Å². The van der Waals surface area contributed by atoms with Gasteiger partial charge in [0.05, 0.1) is 33.3 Å². The maximum absolute atomic E-state index is 12.0. The maximum atomic E-state index is 12.0. The zero-order valence-electron chi connectivity index (χ0n) is 13.7. The average molecular weight is 453 g/mol. The van der Waals surface area contributed by atoms with Crippen LogP contribution in [0.5, 0.6) is 0 Å². The first-order chi connectivity index (χ1) is 12.7. The smallest absolute Gasteiger partial charge is 0.329 e. The van der Waals surface area contributed by atoms with E-state index in [2.05, 4.69) is 4.99 Å². The quantitative estimate of drug-likeness (QED) is 0.717. The number of carboxylic acids is 1. The Morgan fingerprint density at radius 1 is 1.26 bits per heavy atom. The Morgan fingerprint density at radius 2 is 1.93 bits per heavy atom. The lowest BCUT2D eigenvalue weighted by Crippen LogP contribution is -2.38. The molecule has 27 heavy (non-hydrogen) atoms. The summed E-state index contributed by atoms with van der Waals surface area (Å²) in [6.07, 6.45) is 0. The van der Waals surface area contributed by atoms with Gasteiger partial charge in [0.2, 0.25) is 0 Å². The molecule has 0 aromatic heterocycles. The highest BCUT2D eigenvalue weighted by Crippen LogP contribution is 2.45. The number of amides is 1. The number of thioether (sulfide) groups is 1. The van der Waals surface area contributed by atoms with Gasteiger partial charge in [0, 0.05) is 5.25 Å². The molecule has 1 N–H and O–H groups in total. The van der Waals surface area contributed by atoms with E-state index >= 15 is 0 Å². The summed E-state index contributed by atoms with van der Waals surface area (Å²) in [4.78, 5) is 28.1. The summed E-state index contributed by atoms with van der Waals surface area (Å²) in [6, 6.07) is 4.42. The van der Waals surface area contributed by atoms with Gasteiger partial charge in [0.1, 0.15) is 13.2 Å². The van der Waals surface area contributed by atoms with E-state index in [0.717, 1.165) is 11.8 Å². The van der Waals surface area contributed by atoms with Crippen molar-refractivity contribution in [1.82, 2.24) is 0 Å². The summed E-state index contributed by atoms with van der Waals surface area (Å²) >= 11 is 13.7. The number of sulfone groups is 1. The van der Waals surface area contributed by atoms with Crippen LogP contribution in [0.3, 0.4) is 0 Å². The van der Waals surface area contributed by atoms with E-state index in [0.29, 0.717) is 15.7 Å². The molecule has 8 nitrogen and oxygen atoms in total. The molecule has 0 bridgehead atoms. The fourth-order valence-corrected chi connectivity index (χ4v) is 7.41. The number of benzene rings is 1. The number of amidine groups is 1. The van der Waals surface area contributed by atoms with Gasteiger partial charge in [-0.25, -0.2) is 13.2 Å². The Hall–Kier alpha value is -1.33. The van der Waals surface area contributed by atoms with E-state index in [1.807, 2.05) is 0 Å². The lowest BCUT2D eigenvalue weighted by Gasteiger charge is -2.26. The molecule has 1 aromatic carbocycles. The number of anilines is 1. The number of aliphatic carboxylic acids is 1. The molecule has 0 unspecified atom stereocenters. The van der Waals surface area contributed by atoms with Gasteiger partial charge >= 0.3 is 5.97 Å². The molecule has 3 rings (SSSR count). The van der Waals surface area contributed by atoms with Gasteiger partial charge in [-0.1, -0.05) is 41.0 Å². The zero-order valence-corrected chi connectivity index (χ0v) is 16.8. The summed E-state index contributed by atoms with van der Waals surface area (Å²) < 4.78 is 28.8. The monoisotopic (exact) mass is 452 g/mol. The first kappa shape index (κ1) is 20.4. The highest BCUT2D eigenvalue weighted by Gasteiger charge is 2.50. The standard InChI is InChI=1S/C15H14Cl2N2O6S2/c16-8-2-1-3-9(17)14(8)19-10-6-27(23,24)7-11(10)26-15(19)18-12(20)4-25-5-13(21)22/h1-3,10-11H,4-7H2,(H,21,22)/t10-,11+/m0/s1. The Balaban J connectivity index is 1.92. The van der Waals surface area contributed by atoms with Crippen LogP contribution >= 0.6 is 35.0 Å². The van der Waals surface area contributed by atoms with Crippen LogP contribution in [0.15, 0.2) is 23.2 Å². The van der Waals surface area contributed by atoms with Crippen LogP contribution in [0.2, 0.25) is 10.0 Å². The molecule has 0 saturated carbocycles. The van der Waals surface area contributed by atoms with Gasteiger partial charge in [-0.3, -0.25) is 4.79 Å². The van der Waals surface area contributed by atoms with Gasteiger partial charge in [-0.15, -0.1) is 0 Å². The Kier molecular flexibility index (Phi) is 6.02. The second kappa shape index (κ2) is 7.96. The summed E-state index contributed by atoms with van der Waals surface area (Å²) in [5, 5.41) is 9.10. The maximum Gasteiger partial charge on any atom is 0.329 e. The number of carboxylic acid groups (broad SMARTS) is 1. The molecule has 0 radical (unpaired) electrons. The molecule has 2 saturated heterocycles. The van der Waals surface area contributed by atoms with Crippen LogP contribution < -0.4 is 4.90 Å². The molecule has 2 aliphatic heterocycles. The van der Waals surface area contributed by atoms with Crippen molar-refractivity contribution < 1.29 is 27.9 Å². The zero-order chi connectivity index (χ0) is 19.8. The number of carbonyl (C=O) groups excluding carboxylic acids is 1. The van der Waals surface area contributed by atoms with Gasteiger partial charge in [0.25, 0.3) is 5.91 Å².